The maximum atomic E-state index is 6.00. The lowest BCUT2D eigenvalue weighted by Crippen LogP contribution is -2.40. The zero-order valence-corrected chi connectivity index (χ0v) is 13.5. The second-order valence-electron chi connectivity index (χ2n) is 5.69. The van der Waals surface area contributed by atoms with Crippen LogP contribution in [0.1, 0.15) is 38.3 Å². The van der Waals surface area contributed by atoms with Crippen molar-refractivity contribution in [2.24, 2.45) is 11.7 Å². The second kappa shape index (κ2) is 7.87. The number of likely N-dealkylation sites (tertiary alicyclic amines) is 1. The van der Waals surface area contributed by atoms with Crippen LogP contribution in [0.5, 0.6) is 5.75 Å². The van der Waals surface area contributed by atoms with Crippen LogP contribution in [0.15, 0.2) is 24.3 Å². The highest BCUT2D eigenvalue weighted by Crippen LogP contribution is 2.29. The Morgan fingerprint density at radius 1 is 1.25 bits per heavy atom. The topological polar surface area (TPSA) is 38.5 Å². The minimum Gasteiger partial charge on any atom is -0.497 e. The van der Waals surface area contributed by atoms with E-state index in [0.717, 1.165) is 18.8 Å². The number of hydrogen-bond acceptors (Lipinski definition) is 3. The number of nitrogens with zero attached hydrogens (tertiary/aromatic N) is 1. The number of piperidine rings is 1. The summed E-state index contributed by atoms with van der Waals surface area (Å²) in [6, 6.07) is 9.17. The van der Waals surface area contributed by atoms with Gasteiger partial charge in [-0.15, -0.1) is 12.4 Å². The van der Waals surface area contributed by atoms with Gasteiger partial charge in [-0.05, 0) is 63.4 Å². The number of methoxy groups -OCH3 is 1. The maximum absolute atomic E-state index is 6.00. The van der Waals surface area contributed by atoms with Gasteiger partial charge >= 0.3 is 0 Å². The van der Waals surface area contributed by atoms with E-state index in [-0.39, 0.29) is 12.4 Å². The summed E-state index contributed by atoms with van der Waals surface area (Å²) in [6.45, 7) is 6.70. The smallest absolute Gasteiger partial charge is 0.119 e. The van der Waals surface area contributed by atoms with E-state index in [1.54, 1.807) is 7.11 Å². The maximum Gasteiger partial charge on any atom is 0.119 e. The number of benzene rings is 1. The van der Waals surface area contributed by atoms with Crippen molar-refractivity contribution in [2.75, 3.05) is 20.2 Å². The van der Waals surface area contributed by atoms with E-state index in [2.05, 4.69) is 36.9 Å². The Bertz CT molecular complexity index is 403. The minimum absolute atomic E-state index is 0. The predicted octanol–water partition coefficient (Wildman–Crippen LogP) is 3.24. The Morgan fingerprint density at radius 2 is 1.90 bits per heavy atom. The number of rotatable bonds is 4. The number of halogens is 1. The second-order valence-corrected chi connectivity index (χ2v) is 5.69. The molecule has 0 aliphatic carbocycles. The Labute approximate surface area is 128 Å². The molecule has 1 aromatic carbocycles. The third-order valence-electron chi connectivity index (χ3n) is 4.44. The SMILES string of the molecule is COc1cccc(C(C)N2CCC(C(C)N)CC2)c1.Cl. The molecule has 0 radical (unpaired) electrons. The van der Waals surface area contributed by atoms with Crippen molar-refractivity contribution in [3.05, 3.63) is 29.8 Å². The summed E-state index contributed by atoms with van der Waals surface area (Å²) in [5.74, 6) is 1.63. The number of nitrogens with two attached hydrogens (primary N) is 1. The first-order valence-electron chi connectivity index (χ1n) is 7.25. The van der Waals surface area contributed by atoms with Crippen molar-refractivity contribution in [3.63, 3.8) is 0 Å². The van der Waals surface area contributed by atoms with Crippen LogP contribution in [0, 0.1) is 5.92 Å². The monoisotopic (exact) mass is 298 g/mol. The number of ether oxygens (including phenoxy) is 1. The zero-order valence-electron chi connectivity index (χ0n) is 12.7. The molecule has 1 aliphatic heterocycles. The summed E-state index contributed by atoms with van der Waals surface area (Å²) < 4.78 is 5.31. The molecule has 3 nitrogen and oxygen atoms in total. The number of hydrogen-bond donors (Lipinski definition) is 1. The summed E-state index contributed by atoms with van der Waals surface area (Å²) in [5.41, 5.74) is 7.33. The van der Waals surface area contributed by atoms with Crippen LogP contribution in [0.4, 0.5) is 0 Å². The van der Waals surface area contributed by atoms with Crippen molar-refractivity contribution in [1.29, 1.82) is 0 Å². The standard InChI is InChI=1S/C16H26N2O.ClH/c1-12(17)14-7-9-18(10-8-14)13(2)15-5-4-6-16(11-15)19-3;/h4-6,11-14H,7-10,17H2,1-3H3;1H. The van der Waals surface area contributed by atoms with Crippen molar-refractivity contribution in [2.45, 2.75) is 38.8 Å². The van der Waals surface area contributed by atoms with Crippen molar-refractivity contribution in [3.8, 4) is 5.75 Å². The molecule has 2 N–H and O–H groups in total. The quantitative estimate of drug-likeness (QED) is 0.927. The highest BCUT2D eigenvalue weighted by molar-refractivity contribution is 5.85. The van der Waals surface area contributed by atoms with Crippen molar-refractivity contribution >= 4 is 12.4 Å². The van der Waals surface area contributed by atoms with Gasteiger partial charge in [-0.2, -0.15) is 0 Å². The van der Waals surface area contributed by atoms with Crippen LogP contribution in [0.2, 0.25) is 0 Å². The average Bonchev–Trinajstić information content (AvgIpc) is 2.46. The Kier molecular flexibility index (Phi) is 6.80. The molecule has 0 bridgehead atoms. The van der Waals surface area contributed by atoms with Crippen LogP contribution < -0.4 is 10.5 Å². The molecule has 1 aromatic rings. The van der Waals surface area contributed by atoms with Crippen molar-refractivity contribution < 1.29 is 4.74 Å². The molecule has 1 heterocycles. The normalized spacial score (nSPS) is 20.0. The molecule has 20 heavy (non-hydrogen) atoms. The summed E-state index contributed by atoms with van der Waals surface area (Å²) in [7, 11) is 1.72. The largest absolute Gasteiger partial charge is 0.497 e. The predicted molar refractivity (Wildman–Crippen MR) is 86.6 cm³/mol. The first kappa shape index (κ1) is 17.3. The van der Waals surface area contributed by atoms with E-state index in [0.29, 0.717) is 18.0 Å². The van der Waals surface area contributed by atoms with Gasteiger partial charge in [-0.1, -0.05) is 12.1 Å². The molecule has 0 amide bonds. The van der Waals surface area contributed by atoms with E-state index in [9.17, 15) is 0 Å². The van der Waals surface area contributed by atoms with Crippen LogP contribution in [-0.2, 0) is 0 Å². The van der Waals surface area contributed by atoms with Crippen molar-refractivity contribution in [1.82, 2.24) is 4.90 Å². The average molecular weight is 299 g/mol. The van der Waals surface area contributed by atoms with Crippen LogP contribution in [-0.4, -0.2) is 31.1 Å². The first-order chi connectivity index (χ1) is 9.11. The van der Waals surface area contributed by atoms with Gasteiger partial charge in [0.1, 0.15) is 5.75 Å². The fourth-order valence-corrected chi connectivity index (χ4v) is 2.94. The first-order valence-corrected chi connectivity index (χ1v) is 7.25. The molecule has 114 valence electrons. The van der Waals surface area contributed by atoms with Crippen LogP contribution >= 0.6 is 12.4 Å². The molecular formula is C16H27ClN2O. The fraction of sp³-hybridized carbons (Fsp3) is 0.625. The molecule has 2 rings (SSSR count). The molecule has 2 atom stereocenters. The van der Waals surface area contributed by atoms with Gasteiger partial charge in [0, 0.05) is 12.1 Å². The molecule has 0 spiro atoms. The summed E-state index contributed by atoms with van der Waals surface area (Å²) in [6.07, 6.45) is 2.43. The molecular weight excluding hydrogens is 272 g/mol. The molecule has 2 unspecified atom stereocenters. The third kappa shape index (κ3) is 4.11. The van der Waals surface area contributed by atoms with E-state index < -0.39 is 0 Å². The fourth-order valence-electron chi connectivity index (χ4n) is 2.94. The third-order valence-corrected chi connectivity index (χ3v) is 4.44. The molecule has 1 fully saturated rings. The lowest BCUT2D eigenvalue weighted by atomic mass is 9.90. The molecule has 1 aliphatic rings. The zero-order chi connectivity index (χ0) is 13.8. The van der Waals surface area contributed by atoms with Crippen LogP contribution in [0.25, 0.3) is 0 Å². The van der Waals surface area contributed by atoms with Gasteiger partial charge in [-0.3, -0.25) is 4.90 Å². The van der Waals surface area contributed by atoms with E-state index >= 15 is 0 Å². The Morgan fingerprint density at radius 3 is 2.45 bits per heavy atom. The summed E-state index contributed by atoms with van der Waals surface area (Å²) in [4.78, 5) is 2.55. The minimum atomic E-state index is 0. The van der Waals surface area contributed by atoms with Gasteiger partial charge in [0.15, 0.2) is 0 Å². The van der Waals surface area contributed by atoms with Gasteiger partial charge in [0.05, 0.1) is 7.11 Å². The van der Waals surface area contributed by atoms with E-state index in [1.807, 2.05) is 6.07 Å². The van der Waals surface area contributed by atoms with Gasteiger partial charge in [-0.25, -0.2) is 0 Å². The lowest BCUT2D eigenvalue weighted by Gasteiger charge is -2.37. The van der Waals surface area contributed by atoms with Gasteiger partial charge in [0.25, 0.3) is 0 Å². The van der Waals surface area contributed by atoms with E-state index in [4.69, 9.17) is 10.5 Å². The molecule has 0 saturated carbocycles. The highest BCUT2D eigenvalue weighted by Gasteiger charge is 2.25. The van der Waals surface area contributed by atoms with E-state index in [1.165, 1.54) is 18.4 Å². The van der Waals surface area contributed by atoms with Gasteiger partial charge in [0.2, 0.25) is 0 Å². The summed E-state index contributed by atoms with van der Waals surface area (Å²) >= 11 is 0. The Hall–Kier alpha value is -0.770. The Balaban J connectivity index is 0.00000200. The molecule has 0 aromatic heterocycles. The summed E-state index contributed by atoms with van der Waals surface area (Å²) in [5, 5.41) is 0. The highest BCUT2D eigenvalue weighted by atomic mass is 35.5. The molecule has 4 heteroatoms. The van der Waals surface area contributed by atoms with Gasteiger partial charge < -0.3 is 10.5 Å². The lowest BCUT2D eigenvalue weighted by molar-refractivity contribution is 0.132. The van der Waals surface area contributed by atoms with Crippen LogP contribution in [0.3, 0.4) is 0 Å². The molecule has 1 saturated heterocycles.